The van der Waals surface area contributed by atoms with E-state index in [2.05, 4.69) is 75.3 Å². The first kappa shape index (κ1) is 15.6. The fraction of sp³-hybridized carbons (Fsp3) is 0.368. The van der Waals surface area contributed by atoms with Crippen molar-refractivity contribution in [3.8, 4) is 0 Å². The number of aryl methyl sites for hydroxylation is 2. The first-order chi connectivity index (χ1) is 10.0. The normalized spacial score (nSPS) is 12.2. The second-order valence-corrected chi connectivity index (χ2v) is 6.05. The Morgan fingerprint density at radius 1 is 1.00 bits per heavy atom. The van der Waals surface area contributed by atoms with Gasteiger partial charge in [0, 0.05) is 25.7 Å². The van der Waals surface area contributed by atoms with Gasteiger partial charge in [0.05, 0.1) is 0 Å². The number of rotatable bonds is 5. The first-order valence-corrected chi connectivity index (χ1v) is 7.54. The summed E-state index contributed by atoms with van der Waals surface area (Å²) in [4.78, 5) is 2.12. The van der Waals surface area contributed by atoms with E-state index >= 15 is 0 Å². The smallest absolute Gasteiger partial charge is 0.0361 e. The summed E-state index contributed by atoms with van der Waals surface area (Å²) in [6, 6.07) is 15.4. The van der Waals surface area contributed by atoms with Gasteiger partial charge in [0.2, 0.25) is 0 Å². The number of anilines is 1. The Balaban J connectivity index is 2.21. The van der Waals surface area contributed by atoms with Crippen LogP contribution in [0.3, 0.4) is 0 Å². The third-order valence-corrected chi connectivity index (χ3v) is 4.14. The number of nitrogens with zero attached hydrogens (tertiary/aromatic N) is 1. The average Bonchev–Trinajstić information content (AvgIpc) is 2.48. The molecule has 0 aromatic heterocycles. The van der Waals surface area contributed by atoms with E-state index in [1.165, 1.54) is 27.9 Å². The summed E-state index contributed by atoms with van der Waals surface area (Å²) in [5.41, 5.74) is 12.6. The van der Waals surface area contributed by atoms with Crippen molar-refractivity contribution in [3.05, 3.63) is 64.7 Å². The summed E-state index contributed by atoms with van der Waals surface area (Å²) in [5, 5.41) is 0. The van der Waals surface area contributed by atoms with Gasteiger partial charge in [-0.1, -0.05) is 35.9 Å². The summed E-state index contributed by atoms with van der Waals surface area (Å²) in [5.74, 6) is 0.377. The molecule has 0 spiro atoms. The molecule has 1 unspecified atom stereocenters. The summed E-state index contributed by atoms with van der Waals surface area (Å²) >= 11 is 0. The second kappa shape index (κ2) is 6.77. The Bertz CT molecular complexity index is 585. The molecule has 2 rings (SSSR count). The lowest BCUT2D eigenvalue weighted by Gasteiger charge is -2.19. The maximum absolute atomic E-state index is 6.03. The minimum atomic E-state index is 0.377. The van der Waals surface area contributed by atoms with Crippen LogP contribution >= 0.6 is 0 Å². The number of hydrogen-bond donors (Lipinski definition) is 1. The average molecular weight is 282 g/mol. The molecule has 0 bridgehead atoms. The van der Waals surface area contributed by atoms with Crippen LogP contribution in [0.5, 0.6) is 0 Å². The van der Waals surface area contributed by atoms with Crippen LogP contribution in [0.4, 0.5) is 5.69 Å². The van der Waals surface area contributed by atoms with Gasteiger partial charge in [-0.25, -0.2) is 0 Å². The van der Waals surface area contributed by atoms with Crippen molar-refractivity contribution < 1.29 is 0 Å². The Hall–Kier alpha value is -1.80. The van der Waals surface area contributed by atoms with Gasteiger partial charge in [-0.3, -0.25) is 0 Å². The van der Waals surface area contributed by atoms with Crippen LogP contribution in [-0.4, -0.2) is 20.6 Å². The lowest BCUT2D eigenvalue weighted by Crippen LogP contribution is -2.16. The molecule has 0 radical (unpaired) electrons. The van der Waals surface area contributed by atoms with Crippen molar-refractivity contribution in [2.24, 2.45) is 5.73 Å². The first-order valence-electron chi connectivity index (χ1n) is 7.54. The van der Waals surface area contributed by atoms with E-state index in [1.807, 2.05) is 0 Å². The second-order valence-electron chi connectivity index (χ2n) is 6.05. The lowest BCUT2D eigenvalue weighted by molar-refractivity contribution is 0.691. The van der Waals surface area contributed by atoms with Crippen LogP contribution in [0.25, 0.3) is 0 Å². The Morgan fingerprint density at radius 3 is 2.24 bits per heavy atom. The fourth-order valence-corrected chi connectivity index (χ4v) is 2.67. The van der Waals surface area contributed by atoms with Crippen molar-refractivity contribution in [2.45, 2.75) is 26.2 Å². The van der Waals surface area contributed by atoms with Gasteiger partial charge < -0.3 is 10.6 Å². The Kier molecular flexibility index (Phi) is 5.03. The molecule has 0 saturated carbocycles. The summed E-state index contributed by atoms with van der Waals surface area (Å²) in [6.07, 6.45) is 1.01. The molecule has 0 aliphatic heterocycles. The van der Waals surface area contributed by atoms with Crippen molar-refractivity contribution in [2.75, 3.05) is 25.5 Å². The maximum atomic E-state index is 6.03. The topological polar surface area (TPSA) is 29.3 Å². The predicted octanol–water partition coefficient (Wildman–Crippen LogP) is 3.65. The van der Waals surface area contributed by atoms with Crippen LogP contribution in [0.1, 0.15) is 28.2 Å². The zero-order chi connectivity index (χ0) is 15.4. The van der Waals surface area contributed by atoms with Crippen LogP contribution < -0.4 is 10.6 Å². The third-order valence-electron chi connectivity index (χ3n) is 4.14. The number of hydrogen-bond acceptors (Lipinski definition) is 2. The zero-order valence-corrected chi connectivity index (χ0v) is 13.6. The van der Waals surface area contributed by atoms with E-state index in [0.29, 0.717) is 12.5 Å². The van der Waals surface area contributed by atoms with Gasteiger partial charge in [0.15, 0.2) is 0 Å². The molecule has 2 nitrogen and oxygen atoms in total. The maximum Gasteiger partial charge on any atom is 0.0361 e. The van der Waals surface area contributed by atoms with E-state index in [9.17, 15) is 0 Å². The van der Waals surface area contributed by atoms with E-state index in [0.717, 1.165) is 6.42 Å². The molecule has 0 heterocycles. The molecule has 0 aliphatic rings. The molecule has 1 atom stereocenters. The van der Waals surface area contributed by atoms with Crippen molar-refractivity contribution >= 4 is 5.69 Å². The van der Waals surface area contributed by atoms with Gasteiger partial charge in [0.25, 0.3) is 0 Å². The fourth-order valence-electron chi connectivity index (χ4n) is 2.67. The summed E-state index contributed by atoms with van der Waals surface area (Å²) in [6.45, 7) is 5.00. The van der Waals surface area contributed by atoms with Gasteiger partial charge in [-0.2, -0.15) is 0 Å². The molecule has 2 heteroatoms. The van der Waals surface area contributed by atoms with E-state index < -0.39 is 0 Å². The van der Waals surface area contributed by atoms with Crippen molar-refractivity contribution in [1.29, 1.82) is 0 Å². The minimum absolute atomic E-state index is 0.377. The highest BCUT2D eigenvalue weighted by molar-refractivity contribution is 5.47. The molecule has 2 N–H and O–H groups in total. The van der Waals surface area contributed by atoms with E-state index in [-0.39, 0.29) is 0 Å². The molecule has 2 aromatic rings. The molecule has 0 amide bonds. The minimum Gasteiger partial charge on any atom is -0.378 e. The molecular weight excluding hydrogens is 256 g/mol. The van der Waals surface area contributed by atoms with E-state index in [4.69, 9.17) is 5.73 Å². The predicted molar refractivity (Wildman–Crippen MR) is 92.2 cm³/mol. The quantitative estimate of drug-likeness (QED) is 0.907. The third kappa shape index (κ3) is 3.85. The summed E-state index contributed by atoms with van der Waals surface area (Å²) < 4.78 is 0. The number of nitrogens with two attached hydrogens (primary N) is 1. The molecule has 2 aromatic carbocycles. The zero-order valence-electron chi connectivity index (χ0n) is 13.6. The largest absolute Gasteiger partial charge is 0.378 e. The highest BCUT2D eigenvalue weighted by Crippen LogP contribution is 2.24. The standard InChI is InChI=1S/C19H26N2/c1-14-5-6-15(2)17(11-14)12-18(13-20)16-7-9-19(10-8-16)21(3)4/h5-11,18H,12-13,20H2,1-4H3. The Labute approximate surface area is 128 Å². The van der Waals surface area contributed by atoms with Crippen LogP contribution in [0.15, 0.2) is 42.5 Å². The van der Waals surface area contributed by atoms with Gasteiger partial charge >= 0.3 is 0 Å². The van der Waals surface area contributed by atoms with Gasteiger partial charge in [-0.15, -0.1) is 0 Å². The van der Waals surface area contributed by atoms with Gasteiger partial charge in [0.1, 0.15) is 0 Å². The SMILES string of the molecule is Cc1ccc(C)c(CC(CN)c2ccc(N(C)C)cc2)c1. The molecule has 112 valence electrons. The van der Waals surface area contributed by atoms with Crippen LogP contribution in [0.2, 0.25) is 0 Å². The lowest BCUT2D eigenvalue weighted by atomic mass is 9.89. The van der Waals surface area contributed by atoms with Gasteiger partial charge in [-0.05, 0) is 55.6 Å². The molecule has 0 saturated heterocycles. The molecule has 0 aliphatic carbocycles. The Morgan fingerprint density at radius 2 is 1.67 bits per heavy atom. The van der Waals surface area contributed by atoms with E-state index in [1.54, 1.807) is 0 Å². The molecular formula is C19H26N2. The van der Waals surface area contributed by atoms with Crippen molar-refractivity contribution in [1.82, 2.24) is 0 Å². The highest BCUT2D eigenvalue weighted by Gasteiger charge is 2.12. The monoisotopic (exact) mass is 282 g/mol. The van der Waals surface area contributed by atoms with Crippen LogP contribution in [0, 0.1) is 13.8 Å². The number of benzene rings is 2. The van der Waals surface area contributed by atoms with Crippen molar-refractivity contribution in [3.63, 3.8) is 0 Å². The van der Waals surface area contributed by atoms with Crippen LogP contribution in [-0.2, 0) is 6.42 Å². The molecule has 0 fully saturated rings. The highest BCUT2D eigenvalue weighted by atomic mass is 15.1. The summed E-state index contributed by atoms with van der Waals surface area (Å²) in [7, 11) is 4.12. The molecule has 21 heavy (non-hydrogen) atoms.